The largest absolute Gasteiger partial charge is 0.148 e. The van der Waals surface area contributed by atoms with E-state index in [1.54, 1.807) is 4.88 Å². The third kappa shape index (κ3) is 2.96. The second kappa shape index (κ2) is 7.21. The number of thiophene rings is 1. The number of benzene rings is 2. The minimum absolute atomic E-state index is 0.310. The Morgan fingerprint density at radius 3 is 1.75 bits per heavy atom. The molecule has 1 fully saturated rings. The molecule has 0 atom stereocenters. The molecule has 4 rings (SSSR count). The maximum absolute atomic E-state index is 2.39. The maximum Gasteiger partial charge on any atom is 0.0328 e. The molecule has 0 aliphatic heterocycles. The van der Waals surface area contributed by atoms with Gasteiger partial charge in [-0.15, -0.1) is 11.3 Å². The first-order valence-corrected chi connectivity index (χ1v) is 11.1. The van der Waals surface area contributed by atoms with Crippen molar-refractivity contribution in [2.45, 2.75) is 37.3 Å². The van der Waals surface area contributed by atoms with E-state index >= 15 is 0 Å². The third-order valence-electron chi connectivity index (χ3n) is 5.12. The number of hydrogen-bond donors (Lipinski definition) is 0. The molecule has 0 bridgehead atoms. The molecular weight excluding hydrogens is 327 g/mol. The van der Waals surface area contributed by atoms with Gasteiger partial charge in [-0.1, -0.05) is 86.0 Å². The van der Waals surface area contributed by atoms with Gasteiger partial charge in [0.1, 0.15) is 0 Å². The van der Waals surface area contributed by atoms with E-state index in [1.165, 1.54) is 42.7 Å². The third-order valence-corrected chi connectivity index (χ3v) is 9.52. The second-order valence-electron chi connectivity index (χ2n) is 6.58. The Morgan fingerprint density at radius 1 is 0.667 bits per heavy atom. The molecule has 1 heterocycles. The average molecular weight is 350 g/mol. The maximum atomic E-state index is 2.39. The van der Waals surface area contributed by atoms with E-state index < -0.39 is 7.92 Å². The van der Waals surface area contributed by atoms with E-state index in [-0.39, 0.29) is 0 Å². The Morgan fingerprint density at radius 2 is 1.25 bits per heavy atom. The highest BCUT2D eigenvalue weighted by atomic mass is 32.1. The van der Waals surface area contributed by atoms with Crippen LogP contribution < -0.4 is 10.6 Å². The van der Waals surface area contributed by atoms with Gasteiger partial charge < -0.3 is 0 Å². The molecule has 0 saturated heterocycles. The smallest absolute Gasteiger partial charge is 0.0328 e. The predicted molar refractivity (Wildman–Crippen MR) is 108 cm³/mol. The minimum Gasteiger partial charge on any atom is -0.148 e. The van der Waals surface area contributed by atoms with Gasteiger partial charge in [-0.05, 0) is 42.8 Å². The Labute approximate surface area is 150 Å². The van der Waals surface area contributed by atoms with Gasteiger partial charge in [-0.3, -0.25) is 0 Å². The Bertz CT molecular complexity index is 704. The molecule has 1 aliphatic carbocycles. The summed E-state index contributed by atoms with van der Waals surface area (Å²) in [4.78, 5) is 1.60. The normalized spacial score (nSPS) is 17.0. The van der Waals surface area contributed by atoms with Crippen LogP contribution in [0.4, 0.5) is 0 Å². The molecule has 0 amide bonds. The SMILES string of the molecule is c1ccc(P(c2ccccc2)C2(c3cccs3)CCCCC2)cc1. The Kier molecular flexibility index (Phi) is 4.83. The standard InChI is InChI=1S/C22H23PS/c1-4-11-19(12-5-1)23(20-13-6-2-7-14-20)22(16-8-3-9-17-22)21-15-10-18-24-21/h1-2,4-7,10-15,18H,3,8-9,16-17H2. The highest BCUT2D eigenvalue weighted by Gasteiger charge is 2.43. The van der Waals surface area contributed by atoms with Crippen molar-refractivity contribution >= 4 is 29.9 Å². The molecular formula is C22H23PS. The Balaban J connectivity index is 1.90. The van der Waals surface area contributed by atoms with Gasteiger partial charge in [0, 0.05) is 10.0 Å². The van der Waals surface area contributed by atoms with Crippen LogP contribution in [0.15, 0.2) is 78.2 Å². The lowest BCUT2D eigenvalue weighted by molar-refractivity contribution is 0.407. The summed E-state index contributed by atoms with van der Waals surface area (Å²) in [6, 6.07) is 27.1. The summed E-state index contributed by atoms with van der Waals surface area (Å²) in [6.07, 6.45) is 6.75. The highest BCUT2D eigenvalue weighted by Crippen LogP contribution is 2.62. The molecule has 24 heavy (non-hydrogen) atoms. The summed E-state index contributed by atoms with van der Waals surface area (Å²) in [5.41, 5.74) is 0. The zero-order chi connectivity index (χ0) is 16.2. The van der Waals surface area contributed by atoms with E-state index in [4.69, 9.17) is 0 Å². The molecule has 0 radical (unpaired) electrons. The molecule has 0 nitrogen and oxygen atoms in total. The fraction of sp³-hybridized carbons (Fsp3) is 0.273. The van der Waals surface area contributed by atoms with Crippen molar-refractivity contribution in [2.75, 3.05) is 0 Å². The summed E-state index contributed by atoms with van der Waals surface area (Å²) in [5, 5.41) is 5.61. The van der Waals surface area contributed by atoms with Gasteiger partial charge >= 0.3 is 0 Å². The topological polar surface area (TPSA) is 0 Å². The van der Waals surface area contributed by atoms with Gasteiger partial charge in [0.15, 0.2) is 0 Å². The molecule has 122 valence electrons. The van der Waals surface area contributed by atoms with E-state index in [9.17, 15) is 0 Å². The van der Waals surface area contributed by atoms with Crippen LogP contribution in [0.2, 0.25) is 0 Å². The van der Waals surface area contributed by atoms with Crippen LogP contribution in [0.25, 0.3) is 0 Å². The van der Waals surface area contributed by atoms with Crippen molar-refractivity contribution in [2.24, 2.45) is 0 Å². The van der Waals surface area contributed by atoms with E-state index in [0.717, 1.165) is 0 Å². The quantitative estimate of drug-likeness (QED) is 0.503. The van der Waals surface area contributed by atoms with Gasteiger partial charge in [0.25, 0.3) is 0 Å². The van der Waals surface area contributed by atoms with Crippen molar-refractivity contribution in [1.82, 2.24) is 0 Å². The van der Waals surface area contributed by atoms with Gasteiger partial charge in [-0.25, -0.2) is 0 Å². The van der Waals surface area contributed by atoms with Gasteiger partial charge in [0.2, 0.25) is 0 Å². The van der Waals surface area contributed by atoms with E-state index in [0.29, 0.717) is 5.16 Å². The van der Waals surface area contributed by atoms with Gasteiger partial charge in [-0.2, -0.15) is 0 Å². The van der Waals surface area contributed by atoms with Crippen molar-refractivity contribution in [3.05, 3.63) is 83.1 Å². The summed E-state index contributed by atoms with van der Waals surface area (Å²) >= 11 is 1.96. The average Bonchev–Trinajstić information content (AvgIpc) is 3.20. The molecule has 1 aliphatic rings. The summed E-state index contributed by atoms with van der Waals surface area (Å²) in [7, 11) is -0.393. The van der Waals surface area contributed by atoms with Gasteiger partial charge in [0.05, 0.1) is 0 Å². The number of hydrogen-bond acceptors (Lipinski definition) is 1. The fourth-order valence-corrected chi connectivity index (χ4v) is 8.66. The monoisotopic (exact) mass is 350 g/mol. The Hall–Kier alpha value is -1.43. The molecule has 1 saturated carbocycles. The summed E-state index contributed by atoms with van der Waals surface area (Å²) < 4.78 is 0. The first kappa shape index (κ1) is 16.1. The number of rotatable bonds is 4. The van der Waals surface area contributed by atoms with Crippen LogP contribution >= 0.6 is 19.3 Å². The summed E-state index contributed by atoms with van der Waals surface area (Å²) in [6.45, 7) is 0. The minimum atomic E-state index is -0.393. The van der Waals surface area contributed by atoms with Crippen LogP contribution in [-0.2, 0) is 5.16 Å². The predicted octanol–water partition coefficient (Wildman–Crippen LogP) is 6.04. The first-order chi connectivity index (χ1) is 11.9. The molecule has 0 spiro atoms. The lowest BCUT2D eigenvalue weighted by Crippen LogP contribution is -2.34. The molecule has 2 aromatic carbocycles. The highest BCUT2D eigenvalue weighted by molar-refractivity contribution is 7.74. The fourth-order valence-electron chi connectivity index (χ4n) is 4.06. The van der Waals surface area contributed by atoms with E-state index in [2.05, 4.69) is 78.2 Å². The van der Waals surface area contributed by atoms with Crippen LogP contribution in [0, 0.1) is 0 Å². The van der Waals surface area contributed by atoms with Crippen LogP contribution in [0.1, 0.15) is 37.0 Å². The van der Waals surface area contributed by atoms with Crippen LogP contribution in [0.5, 0.6) is 0 Å². The van der Waals surface area contributed by atoms with Crippen molar-refractivity contribution in [1.29, 1.82) is 0 Å². The van der Waals surface area contributed by atoms with E-state index in [1.807, 2.05) is 11.3 Å². The van der Waals surface area contributed by atoms with Crippen LogP contribution in [0.3, 0.4) is 0 Å². The first-order valence-electron chi connectivity index (χ1n) is 8.84. The lowest BCUT2D eigenvalue weighted by atomic mass is 9.87. The van der Waals surface area contributed by atoms with Crippen molar-refractivity contribution in [3.8, 4) is 0 Å². The molecule has 1 aromatic heterocycles. The molecule has 2 heteroatoms. The molecule has 0 N–H and O–H groups in total. The summed E-state index contributed by atoms with van der Waals surface area (Å²) in [5.74, 6) is 0. The zero-order valence-electron chi connectivity index (χ0n) is 13.9. The molecule has 0 unspecified atom stereocenters. The lowest BCUT2D eigenvalue weighted by Gasteiger charge is -2.44. The van der Waals surface area contributed by atoms with Crippen molar-refractivity contribution in [3.63, 3.8) is 0 Å². The molecule has 3 aromatic rings. The van der Waals surface area contributed by atoms with Crippen molar-refractivity contribution < 1.29 is 0 Å². The zero-order valence-corrected chi connectivity index (χ0v) is 15.6. The van der Waals surface area contributed by atoms with Crippen LogP contribution in [-0.4, -0.2) is 0 Å². The second-order valence-corrected chi connectivity index (χ2v) is 10.1.